The molecule has 0 spiro atoms. The Balaban J connectivity index is 1.96. The minimum atomic E-state index is -1.26. The standard InChI is InChI=1S/C18H16N2O3/c1-2-23-13-9-7-12(8-10-13)19-11-15-14-5-3-4-6-16(14)20-17(15)18(21)22/h3-11,20H,2H2,1H3,(H,21,22)/p-1. The highest BCUT2D eigenvalue weighted by atomic mass is 16.5. The molecule has 5 heteroatoms. The molecule has 2 aromatic carbocycles. The van der Waals surface area contributed by atoms with Gasteiger partial charge in [0.15, 0.2) is 0 Å². The number of benzene rings is 2. The maximum atomic E-state index is 11.3. The molecule has 0 saturated heterocycles. The van der Waals surface area contributed by atoms with Gasteiger partial charge in [-0.3, -0.25) is 4.99 Å². The van der Waals surface area contributed by atoms with Gasteiger partial charge in [0.1, 0.15) is 5.75 Å². The molecule has 1 aromatic heterocycles. The average molecular weight is 307 g/mol. The number of fused-ring (bicyclic) bond motifs is 1. The van der Waals surface area contributed by atoms with E-state index >= 15 is 0 Å². The lowest BCUT2D eigenvalue weighted by Gasteiger charge is -2.03. The second-order valence-corrected chi connectivity index (χ2v) is 4.93. The second-order valence-electron chi connectivity index (χ2n) is 4.93. The smallest absolute Gasteiger partial charge is 0.119 e. The third-order valence-electron chi connectivity index (χ3n) is 3.44. The quantitative estimate of drug-likeness (QED) is 0.736. The molecule has 5 nitrogen and oxygen atoms in total. The Bertz CT molecular complexity index is 864. The number of aromatic nitrogens is 1. The van der Waals surface area contributed by atoms with Crippen molar-refractivity contribution in [1.82, 2.24) is 4.98 Å². The number of H-pyrrole nitrogens is 1. The molecule has 116 valence electrons. The van der Waals surface area contributed by atoms with Gasteiger partial charge in [0, 0.05) is 22.7 Å². The Morgan fingerprint density at radius 2 is 1.96 bits per heavy atom. The maximum absolute atomic E-state index is 11.3. The molecule has 0 radical (unpaired) electrons. The first kappa shape index (κ1) is 14.8. The van der Waals surface area contributed by atoms with Crippen LogP contribution < -0.4 is 9.84 Å². The molecule has 0 aliphatic rings. The van der Waals surface area contributed by atoms with Gasteiger partial charge < -0.3 is 19.6 Å². The molecule has 3 rings (SSSR count). The Labute approximate surface area is 133 Å². The Kier molecular flexibility index (Phi) is 4.10. The number of aliphatic imine (C=N–C) groups is 1. The lowest BCUT2D eigenvalue weighted by molar-refractivity contribution is -0.255. The summed E-state index contributed by atoms with van der Waals surface area (Å²) in [6.07, 6.45) is 1.54. The van der Waals surface area contributed by atoms with Gasteiger partial charge in [-0.05, 0) is 37.3 Å². The van der Waals surface area contributed by atoms with E-state index in [9.17, 15) is 9.90 Å². The van der Waals surface area contributed by atoms with Crippen molar-refractivity contribution in [2.45, 2.75) is 6.92 Å². The van der Waals surface area contributed by atoms with E-state index in [1.807, 2.05) is 55.5 Å². The van der Waals surface area contributed by atoms with Crippen molar-refractivity contribution < 1.29 is 14.6 Å². The molecule has 0 saturated carbocycles. The first-order valence-electron chi connectivity index (χ1n) is 7.28. The fraction of sp³-hybridized carbons (Fsp3) is 0.111. The van der Waals surface area contributed by atoms with Gasteiger partial charge >= 0.3 is 0 Å². The van der Waals surface area contributed by atoms with Gasteiger partial charge in [-0.25, -0.2) is 0 Å². The molecule has 0 atom stereocenters. The summed E-state index contributed by atoms with van der Waals surface area (Å²) in [5, 5.41) is 12.1. The van der Waals surface area contributed by atoms with Crippen molar-refractivity contribution in [3.8, 4) is 5.75 Å². The third kappa shape index (κ3) is 3.08. The SMILES string of the molecule is CCOc1ccc(N=Cc2c(C(=O)[O-])[nH]c3ccccc23)cc1. The number of hydrogen-bond donors (Lipinski definition) is 1. The molecule has 23 heavy (non-hydrogen) atoms. The van der Waals surface area contributed by atoms with E-state index in [2.05, 4.69) is 9.98 Å². The van der Waals surface area contributed by atoms with E-state index in [1.165, 1.54) is 0 Å². The Morgan fingerprint density at radius 3 is 2.65 bits per heavy atom. The van der Waals surface area contributed by atoms with Gasteiger partial charge in [0.25, 0.3) is 0 Å². The second kappa shape index (κ2) is 6.36. The predicted octanol–water partition coefficient (Wildman–Crippen LogP) is 2.68. The number of aromatic amines is 1. The summed E-state index contributed by atoms with van der Waals surface area (Å²) in [6.45, 7) is 2.53. The van der Waals surface area contributed by atoms with E-state index in [1.54, 1.807) is 6.21 Å². The highest BCUT2D eigenvalue weighted by Gasteiger charge is 2.09. The van der Waals surface area contributed by atoms with Crippen LogP contribution in [0.1, 0.15) is 23.0 Å². The largest absolute Gasteiger partial charge is 0.543 e. The highest BCUT2D eigenvalue weighted by Crippen LogP contribution is 2.22. The number of nitrogens with one attached hydrogen (secondary N) is 1. The van der Waals surface area contributed by atoms with Crippen LogP contribution in [0.5, 0.6) is 5.75 Å². The first-order chi connectivity index (χ1) is 11.2. The zero-order chi connectivity index (χ0) is 16.2. The third-order valence-corrected chi connectivity index (χ3v) is 3.44. The molecule has 0 bridgehead atoms. The summed E-state index contributed by atoms with van der Waals surface area (Å²) < 4.78 is 5.38. The van der Waals surface area contributed by atoms with Crippen LogP contribution in [0, 0.1) is 0 Å². The molecule has 1 heterocycles. The number of hydrogen-bond acceptors (Lipinski definition) is 4. The van der Waals surface area contributed by atoms with Crippen LogP contribution in [0.25, 0.3) is 10.9 Å². The van der Waals surface area contributed by atoms with E-state index in [0.29, 0.717) is 17.9 Å². The number of carbonyl (C=O) groups is 1. The predicted molar refractivity (Wildman–Crippen MR) is 87.5 cm³/mol. The summed E-state index contributed by atoms with van der Waals surface area (Å²) in [6, 6.07) is 14.6. The molecule has 0 fully saturated rings. The molecule has 0 unspecified atom stereocenters. The number of carbonyl (C=O) groups excluding carboxylic acids is 1. The van der Waals surface area contributed by atoms with E-state index < -0.39 is 5.97 Å². The first-order valence-corrected chi connectivity index (χ1v) is 7.28. The summed E-state index contributed by atoms with van der Waals surface area (Å²) in [5.74, 6) is -0.483. The van der Waals surface area contributed by atoms with E-state index in [-0.39, 0.29) is 5.69 Å². The van der Waals surface area contributed by atoms with E-state index in [0.717, 1.165) is 16.7 Å². The van der Waals surface area contributed by atoms with Crippen LogP contribution in [-0.4, -0.2) is 23.8 Å². The molecular formula is C18H15N2O3-. The van der Waals surface area contributed by atoms with Gasteiger partial charge in [-0.15, -0.1) is 0 Å². The average Bonchev–Trinajstić information content (AvgIpc) is 2.93. The molecule has 0 amide bonds. The van der Waals surface area contributed by atoms with Crippen molar-refractivity contribution in [2.75, 3.05) is 6.61 Å². The van der Waals surface area contributed by atoms with Crippen LogP contribution >= 0.6 is 0 Å². The normalized spacial score (nSPS) is 11.2. The number of ether oxygens (including phenoxy) is 1. The van der Waals surface area contributed by atoms with Crippen molar-refractivity contribution in [2.24, 2.45) is 4.99 Å². The monoisotopic (exact) mass is 307 g/mol. The van der Waals surface area contributed by atoms with Gasteiger partial charge in [-0.1, -0.05) is 18.2 Å². The Hall–Kier alpha value is -3.08. The summed E-state index contributed by atoms with van der Waals surface area (Å²) >= 11 is 0. The minimum Gasteiger partial charge on any atom is -0.543 e. The number of aromatic carboxylic acids is 1. The van der Waals surface area contributed by atoms with Gasteiger partial charge in [-0.2, -0.15) is 0 Å². The van der Waals surface area contributed by atoms with Gasteiger partial charge in [0.05, 0.1) is 24.0 Å². The maximum Gasteiger partial charge on any atom is 0.119 e. The van der Waals surface area contributed by atoms with Crippen LogP contribution in [-0.2, 0) is 0 Å². The molecule has 0 aliphatic carbocycles. The van der Waals surface area contributed by atoms with Crippen LogP contribution in [0.4, 0.5) is 5.69 Å². The van der Waals surface area contributed by atoms with Crippen LogP contribution in [0.2, 0.25) is 0 Å². The highest BCUT2D eigenvalue weighted by molar-refractivity contribution is 6.08. The van der Waals surface area contributed by atoms with Crippen LogP contribution in [0.3, 0.4) is 0 Å². The molecular weight excluding hydrogens is 292 g/mol. The number of nitrogens with zero attached hydrogens (tertiary/aromatic N) is 1. The zero-order valence-corrected chi connectivity index (χ0v) is 12.6. The van der Waals surface area contributed by atoms with Crippen molar-refractivity contribution in [1.29, 1.82) is 0 Å². The molecule has 3 aromatic rings. The number of para-hydroxylation sites is 1. The number of rotatable bonds is 5. The van der Waals surface area contributed by atoms with Crippen molar-refractivity contribution in [3.63, 3.8) is 0 Å². The lowest BCUT2D eigenvalue weighted by atomic mass is 10.1. The van der Waals surface area contributed by atoms with E-state index in [4.69, 9.17) is 4.74 Å². The van der Waals surface area contributed by atoms with Crippen LogP contribution in [0.15, 0.2) is 53.5 Å². The summed E-state index contributed by atoms with van der Waals surface area (Å²) in [7, 11) is 0. The zero-order valence-electron chi connectivity index (χ0n) is 12.6. The van der Waals surface area contributed by atoms with Crippen molar-refractivity contribution in [3.05, 3.63) is 59.8 Å². The number of carboxylic acids is 1. The fourth-order valence-electron chi connectivity index (χ4n) is 2.39. The lowest BCUT2D eigenvalue weighted by Crippen LogP contribution is -2.23. The summed E-state index contributed by atoms with van der Waals surface area (Å²) in [5.41, 5.74) is 1.98. The molecule has 1 N–H and O–H groups in total. The minimum absolute atomic E-state index is 0.0286. The summed E-state index contributed by atoms with van der Waals surface area (Å²) in [4.78, 5) is 18.5. The van der Waals surface area contributed by atoms with Gasteiger partial charge in [0.2, 0.25) is 0 Å². The topological polar surface area (TPSA) is 77.5 Å². The van der Waals surface area contributed by atoms with Crippen molar-refractivity contribution >= 4 is 28.8 Å². The molecule has 0 aliphatic heterocycles. The fourth-order valence-corrected chi connectivity index (χ4v) is 2.39. The Morgan fingerprint density at radius 1 is 1.22 bits per heavy atom. The number of carboxylic acid groups (broad SMARTS) is 1.